The van der Waals surface area contributed by atoms with Crippen molar-refractivity contribution in [2.45, 2.75) is 25.9 Å². The first kappa shape index (κ1) is 19.3. The highest BCUT2D eigenvalue weighted by Crippen LogP contribution is 2.17. The van der Waals surface area contributed by atoms with Gasteiger partial charge in [-0.05, 0) is 29.7 Å². The molecule has 2 saturated heterocycles. The molecule has 3 amide bonds. The van der Waals surface area contributed by atoms with Gasteiger partial charge in [-0.25, -0.2) is 4.79 Å². The third-order valence-electron chi connectivity index (χ3n) is 5.67. The summed E-state index contributed by atoms with van der Waals surface area (Å²) < 4.78 is 0. The van der Waals surface area contributed by atoms with E-state index in [-0.39, 0.29) is 11.9 Å². The summed E-state index contributed by atoms with van der Waals surface area (Å²) in [5.74, 6) is 0.235. The minimum atomic E-state index is -0.0159. The number of benzene rings is 2. The van der Waals surface area contributed by atoms with Gasteiger partial charge in [0.15, 0.2) is 0 Å². The van der Waals surface area contributed by atoms with Gasteiger partial charge in [-0.15, -0.1) is 0 Å². The number of hydrogen-bond acceptors (Lipinski definition) is 3. The molecule has 0 aromatic heterocycles. The smallest absolute Gasteiger partial charge is 0.317 e. The Labute approximate surface area is 172 Å². The zero-order valence-corrected chi connectivity index (χ0v) is 16.7. The molecule has 2 fully saturated rings. The lowest BCUT2D eigenvalue weighted by atomic mass is 10.1. The Bertz CT molecular complexity index is 847. The molecule has 29 heavy (non-hydrogen) atoms. The van der Waals surface area contributed by atoms with Gasteiger partial charge < -0.3 is 20.0 Å². The van der Waals surface area contributed by atoms with Gasteiger partial charge in [0.1, 0.15) is 0 Å². The molecule has 0 aliphatic carbocycles. The number of amides is 3. The van der Waals surface area contributed by atoms with E-state index in [0.29, 0.717) is 19.5 Å². The molecule has 2 heterocycles. The van der Waals surface area contributed by atoms with Crippen LogP contribution in [0.1, 0.15) is 24.0 Å². The van der Waals surface area contributed by atoms with E-state index in [1.165, 1.54) is 5.69 Å². The molecule has 6 nitrogen and oxygen atoms in total. The highest BCUT2D eigenvalue weighted by atomic mass is 16.2. The van der Waals surface area contributed by atoms with Crippen molar-refractivity contribution >= 4 is 17.6 Å². The van der Waals surface area contributed by atoms with Crippen molar-refractivity contribution in [1.82, 2.24) is 15.1 Å². The zero-order chi connectivity index (χ0) is 20.1. The Morgan fingerprint density at radius 3 is 2.38 bits per heavy atom. The fraction of sp³-hybridized carbons (Fsp3) is 0.391. The SMILES string of the molecule is O=C1CCCN1Cc1cccc(CNC(=O)N2CCN(c3ccccc3)CC2)c1. The standard InChI is InChI=1S/C23H28N4O2/c28-22-10-5-11-27(22)18-20-7-4-6-19(16-20)17-24-23(29)26-14-12-25(13-15-26)21-8-2-1-3-9-21/h1-4,6-9,16H,5,10-15,17-18H2,(H,24,29). The van der Waals surface area contributed by atoms with Crippen LogP contribution in [0.25, 0.3) is 0 Å². The van der Waals surface area contributed by atoms with Crippen LogP contribution in [0.4, 0.5) is 10.5 Å². The lowest BCUT2D eigenvalue weighted by Crippen LogP contribution is -2.51. The maximum atomic E-state index is 12.6. The maximum absolute atomic E-state index is 12.6. The van der Waals surface area contributed by atoms with Crippen LogP contribution in [0.5, 0.6) is 0 Å². The molecule has 152 valence electrons. The molecule has 0 bridgehead atoms. The topological polar surface area (TPSA) is 55.9 Å². The van der Waals surface area contributed by atoms with Crippen molar-refractivity contribution in [2.24, 2.45) is 0 Å². The van der Waals surface area contributed by atoms with E-state index in [9.17, 15) is 9.59 Å². The average molecular weight is 393 g/mol. The summed E-state index contributed by atoms with van der Waals surface area (Å²) in [7, 11) is 0. The summed E-state index contributed by atoms with van der Waals surface area (Å²) >= 11 is 0. The number of para-hydroxylation sites is 1. The molecule has 0 spiro atoms. The normalized spacial score (nSPS) is 17.0. The Kier molecular flexibility index (Phi) is 5.98. The summed E-state index contributed by atoms with van der Waals surface area (Å²) in [6, 6.07) is 18.4. The third kappa shape index (κ3) is 4.88. The molecule has 2 aromatic rings. The van der Waals surface area contributed by atoms with Gasteiger partial charge in [0.05, 0.1) is 0 Å². The van der Waals surface area contributed by atoms with Gasteiger partial charge in [-0.2, -0.15) is 0 Å². The first-order valence-corrected chi connectivity index (χ1v) is 10.4. The molecular weight excluding hydrogens is 364 g/mol. The summed E-state index contributed by atoms with van der Waals surface area (Å²) in [5, 5.41) is 3.04. The van der Waals surface area contributed by atoms with Crippen LogP contribution in [0.2, 0.25) is 0 Å². The first-order valence-electron chi connectivity index (χ1n) is 10.4. The maximum Gasteiger partial charge on any atom is 0.317 e. The summed E-state index contributed by atoms with van der Waals surface area (Å²) in [5.41, 5.74) is 3.38. The Hall–Kier alpha value is -3.02. The largest absolute Gasteiger partial charge is 0.368 e. The van der Waals surface area contributed by atoms with Crippen molar-refractivity contribution in [3.8, 4) is 0 Å². The average Bonchev–Trinajstić information content (AvgIpc) is 3.17. The monoisotopic (exact) mass is 392 g/mol. The second-order valence-corrected chi connectivity index (χ2v) is 7.71. The number of rotatable bonds is 5. The van der Waals surface area contributed by atoms with Crippen molar-refractivity contribution in [3.05, 3.63) is 65.7 Å². The van der Waals surface area contributed by atoms with Crippen LogP contribution < -0.4 is 10.2 Å². The van der Waals surface area contributed by atoms with E-state index in [4.69, 9.17) is 0 Å². The molecule has 2 aliphatic rings. The second-order valence-electron chi connectivity index (χ2n) is 7.71. The highest BCUT2D eigenvalue weighted by Gasteiger charge is 2.22. The van der Waals surface area contributed by atoms with Gasteiger partial charge >= 0.3 is 6.03 Å². The predicted molar refractivity (Wildman–Crippen MR) is 114 cm³/mol. The summed E-state index contributed by atoms with van der Waals surface area (Å²) in [6.45, 7) is 5.12. The fourth-order valence-electron chi connectivity index (χ4n) is 4.03. The van der Waals surface area contributed by atoms with Crippen molar-refractivity contribution in [3.63, 3.8) is 0 Å². The van der Waals surface area contributed by atoms with Gasteiger partial charge in [0, 0.05) is 57.9 Å². The van der Waals surface area contributed by atoms with E-state index in [1.807, 2.05) is 46.2 Å². The minimum Gasteiger partial charge on any atom is -0.368 e. The van der Waals surface area contributed by atoms with Gasteiger partial charge in [0.2, 0.25) is 5.91 Å². The predicted octanol–water partition coefficient (Wildman–Crippen LogP) is 2.84. The highest BCUT2D eigenvalue weighted by molar-refractivity contribution is 5.78. The number of carbonyl (C=O) groups excluding carboxylic acids is 2. The lowest BCUT2D eigenvalue weighted by Gasteiger charge is -2.36. The van der Waals surface area contributed by atoms with Crippen LogP contribution in [0.15, 0.2) is 54.6 Å². The number of likely N-dealkylation sites (tertiary alicyclic amines) is 1. The Balaban J connectivity index is 1.26. The Morgan fingerprint density at radius 1 is 0.897 bits per heavy atom. The second kappa shape index (κ2) is 8.99. The summed E-state index contributed by atoms with van der Waals surface area (Å²) in [6.07, 6.45) is 1.61. The molecule has 0 unspecified atom stereocenters. The van der Waals surface area contributed by atoms with Gasteiger partial charge in [0.25, 0.3) is 0 Å². The number of anilines is 1. The van der Waals surface area contributed by atoms with E-state index >= 15 is 0 Å². The molecular formula is C23H28N4O2. The van der Waals surface area contributed by atoms with Crippen LogP contribution in [-0.4, -0.2) is 54.5 Å². The fourth-order valence-corrected chi connectivity index (χ4v) is 4.03. The van der Waals surface area contributed by atoms with Gasteiger partial charge in [-0.1, -0.05) is 42.5 Å². The van der Waals surface area contributed by atoms with E-state index in [2.05, 4.69) is 28.4 Å². The zero-order valence-electron chi connectivity index (χ0n) is 16.7. The van der Waals surface area contributed by atoms with E-state index in [0.717, 1.165) is 50.3 Å². The number of hydrogen-bond donors (Lipinski definition) is 1. The molecule has 0 radical (unpaired) electrons. The molecule has 0 atom stereocenters. The van der Waals surface area contributed by atoms with E-state index < -0.39 is 0 Å². The quantitative estimate of drug-likeness (QED) is 0.851. The number of carbonyl (C=O) groups is 2. The van der Waals surface area contributed by atoms with Crippen LogP contribution in [0.3, 0.4) is 0 Å². The van der Waals surface area contributed by atoms with Crippen LogP contribution in [0, 0.1) is 0 Å². The van der Waals surface area contributed by atoms with Crippen molar-refractivity contribution < 1.29 is 9.59 Å². The first-order chi connectivity index (χ1) is 14.2. The van der Waals surface area contributed by atoms with Crippen molar-refractivity contribution in [2.75, 3.05) is 37.6 Å². The molecule has 0 saturated carbocycles. The van der Waals surface area contributed by atoms with E-state index in [1.54, 1.807) is 0 Å². The number of piperazine rings is 1. The Morgan fingerprint density at radius 2 is 1.66 bits per heavy atom. The van der Waals surface area contributed by atoms with Gasteiger partial charge in [-0.3, -0.25) is 4.79 Å². The lowest BCUT2D eigenvalue weighted by molar-refractivity contribution is -0.128. The summed E-state index contributed by atoms with van der Waals surface area (Å²) in [4.78, 5) is 30.5. The minimum absolute atomic E-state index is 0.0159. The number of urea groups is 1. The molecule has 1 N–H and O–H groups in total. The molecule has 2 aliphatic heterocycles. The molecule has 2 aromatic carbocycles. The third-order valence-corrected chi connectivity index (χ3v) is 5.67. The number of nitrogens with zero attached hydrogens (tertiary/aromatic N) is 3. The van der Waals surface area contributed by atoms with Crippen LogP contribution >= 0.6 is 0 Å². The van der Waals surface area contributed by atoms with Crippen LogP contribution in [-0.2, 0) is 17.9 Å². The molecule has 6 heteroatoms. The van der Waals surface area contributed by atoms with Crippen molar-refractivity contribution in [1.29, 1.82) is 0 Å². The molecule has 4 rings (SSSR count). The number of nitrogens with one attached hydrogen (secondary N) is 1.